The Morgan fingerprint density at radius 3 is 2.88 bits per heavy atom. The van der Waals surface area contributed by atoms with E-state index in [0.29, 0.717) is 6.04 Å². The molecule has 0 atom stereocenters. The molecule has 1 N–H and O–H groups in total. The van der Waals surface area contributed by atoms with Crippen molar-refractivity contribution in [3.63, 3.8) is 0 Å². The Morgan fingerprint density at radius 1 is 1.35 bits per heavy atom. The van der Waals surface area contributed by atoms with Gasteiger partial charge in [0.1, 0.15) is 0 Å². The van der Waals surface area contributed by atoms with E-state index in [-0.39, 0.29) is 0 Å². The zero-order valence-corrected chi connectivity index (χ0v) is 10.1. The molecule has 0 spiro atoms. The zero-order valence-electron chi connectivity index (χ0n) is 10.1. The first-order valence-corrected chi connectivity index (χ1v) is 5.97. The Bertz CT molecular complexity index is 540. The Morgan fingerprint density at radius 2 is 2.18 bits per heavy atom. The Balaban J connectivity index is 1.92. The van der Waals surface area contributed by atoms with Crippen molar-refractivity contribution in [1.29, 1.82) is 0 Å². The number of nitrogens with one attached hydrogen (secondary N) is 1. The van der Waals surface area contributed by atoms with Crippen LogP contribution in [0.3, 0.4) is 0 Å². The molecule has 4 nitrogen and oxygen atoms in total. The monoisotopic (exact) mass is 228 g/mol. The molecule has 1 saturated carbocycles. The largest absolute Gasteiger partial charge is 0.324 e. The number of aryl methyl sites for hydroxylation is 2. The van der Waals surface area contributed by atoms with Gasteiger partial charge in [0.05, 0.1) is 17.6 Å². The SMILES string of the molecule is Cc1cn(C2CC2)c(Nc2cnccc2C)n1. The minimum absolute atomic E-state index is 0.635. The van der Waals surface area contributed by atoms with Gasteiger partial charge in [-0.15, -0.1) is 0 Å². The van der Waals surface area contributed by atoms with Crippen LogP contribution in [0.25, 0.3) is 0 Å². The molecule has 1 aliphatic carbocycles. The van der Waals surface area contributed by atoms with E-state index in [1.54, 1.807) is 6.20 Å². The average molecular weight is 228 g/mol. The number of anilines is 2. The van der Waals surface area contributed by atoms with Crippen molar-refractivity contribution in [3.05, 3.63) is 35.9 Å². The van der Waals surface area contributed by atoms with Crippen LogP contribution in [-0.2, 0) is 0 Å². The third kappa shape index (κ3) is 2.02. The summed E-state index contributed by atoms with van der Waals surface area (Å²) in [6.07, 6.45) is 8.29. The summed E-state index contributed by atoms with van der Waals surface area (Å²) in [5.74, 6) is 0.932. The fourth-order valence-electron chi connectivity index (χ4n) is 1.95. The highest BCUT2D eigenvalue weighted by molar-refractivity contribution is 5.57. The summed E-state index contributed by atoms with van der Waals surface area (Å²) in [6, 6.07) is 2.63. The summed E-state index contributed by atoms with van der Waals surface area (Å²) < 4.78 is 2.24. The van der Waals surface area contributed by atoms with E-state index in [1.807, 2.05) is 19.2 Å². The van der Waals surface area contributed by atoms with Crippen molar-refractivity contribution in [2.45, 2.75) is 32.7 Å². The molecule has 1 fully saturated rings. The topological polar surface area (TPSA) is 42.7 Å². The van der Waals surface area contributed by atoms with Crippen molar-refractivity contribution in [2.24, 2.45) is 0 Å². The lowest BCUT2D eigenvalue weighted by atomic mass is 10.2. The molecule has 2 aromatic heterocycles. The summed E-state index contributed by atoms with van der Waals surface area (Å²) in [7, 11) is 0. The number of hydrogen-bond acceptors (Lipinski definition) is 3. The van der Waals surface area contributed by atoms with Gasteiger partial charge in [0.2, 0.25) is 5.95 Å². The number of hydrogen-bond donors (Lipinski definition) is 1. The van der Waals surface area contributed by atoms with Gasteiger partial charge in [0.15, 0.2) is 0 Å². The number of pyridine rings is 1. The van der Waals surface area contributed by atoms with Crippen molar-refractivity contribution in [2.75, 3.05) is 5.32 Å². The molecule has 0 bridgehead atoms. The molecule has 2 heterocycles. The third-order valence-corrected chi connectivity index (χ3v) is 3.08. The molecule has 0 amide bonds. The third-order valence-electron chi connectivity index (χ3n) is 3.08. The summed E-state index contributed by atoms with van der Waals surface area (Å²) in [5.41, 5.74) is 3.27. The number of nitrogens with zero attached hydrogens (tertiary/aromatic N) is 3. The summed E-state index contributed by atoms with van der Waals surface area (Å²) in [4.78, 5) is 8.67. The van der Waals surface area contributed by atoms with Gasteiger partial charge in [0, 0.05) is 18.4 Å². The molecule has 4 heteroatoms. The van der Waals surface area contributed by atoms with E-state index < -0.39 is 0 Å². The van der Waals surface area contributed by atoms with E-state index in [1.165, 1.54) is 18.4 Å². The predicted octanol–water partition coefficient (Wildman–Crippen LogP) is 2.97. The van der Waals surface area contributed by atoms with Gasteiger partial charge in [0.25, 0.3) is 0 Å². The Labute approximate surface area is 101 Å². The maximum atomic E-state index is 4.53. The molecule has 88 valence electrons. The van der Waals surface area contributed by atoms with Gasteiger partial charge in [-0.1, -0.05) is 0 Å². The zero-order chi connectivity index (χ0) is 11.8. The van der Waals surface area contributed by atoms with Crippen molar-refractivity contribution < 1.29 is 0 Å². The molecular weight excluding hydrogens is 212 g/mol. The minimum Gasteiger partial charge on any atom is -0.324 e. The molecule has 0 radical (unpaired) electrons. The first kappa shape index (κ1) is 10.3. The molecule has 0 unspecified atom stereocenters. The van der Waals surface area contributed by atoms with Gasteiger partial charge in [-0.05, 0) is 38.3 Å². The van der Waals surface area contributed by atoms with Crippen LogP contribution in [0.4, 0.5) is 11.6 Å². The smallest absolute Gasteiger partial charge is 0.207 e. The molecule has 0 saturated heterocycles. The lowest BCUT2D eigenvalue weighted by Crippen LogP contribution is -2.02. The fraction of sp³-hybridized carbons (Fsp3) is 0.385. The van der Waals surface area contributed by atoms with Crippen LogP contribution in [-0.4, -0.2) is 14.5 Å². The highest BCUT2D eigenvalue weighted by Crippen LogP contribution is 2.38. The lowest BCUT2D eigenvalue weighted by Gasteiger charge is -2.10. The van der Waals surface area contributed by atoms with E-state index in [9.17, 15) is 0 Å². The summed E-state index contributed by atoms with van der Waals surface area (Å²) in [5, 5.41) is 3.37. The van der Waals surface area contributed by atoms with Crippen LogP contribution in [0, 0.1) is 13.8 Å². The molecule has 17 heavy (non-hydrogen) atoms. The first-order chi connectivity index (χ1) is 8.24. The van der Waals surface area contributed by atoms with Gasteiger partial charge in [-0.3, -0.25) is 4.98 Å². The van der Waals surface area contributed by atoms with Crippen molar-refractivity contribution >= 4 is 11.6 Å². The molecule has 3 rings (SSSR count). The summed E-state index contributed by atoms with van der Waals surface area (Å²) >= 11 is 0. The quantitative estimate of drug-likeness (QED) is 0.878. The second-order valence-corrected chi connectivity index (χ2v) is 4.66. The molecule has 2 aromatic rings. The molecule has 1 aliphatic rings. The normalized spacial score (nSPS) is 14.9. The maximum Gasteiger partial charge on any atom is 0.207 e. The Kier molecular flexibility index (Phi) is 2.35. The lowest BCUT2D eigenvalue weighted by molar-refractivity contribution is 0.750. The predicted molar refractivity (Wildman–Crippen MR) is 67.5 cm³/mol. The first-order valence-electron chi connectivity index (χ1n) is 5.97. The minimum atomic E-state index is 0.635. The maximum absolute atomic E-state index is 4.53. The van der Waals surface area contributed by atoms with E-state index in [2.05, 4.69) is 33.0 Å². The average Bonchev–Trinajstić information content (AvgIpc) is 3.07. The van der Waals surface area contributed by atoms with E-state index in [4.69, 9.17) is 0 Å². The van der Waals surface area contributed by atoms with Crippen LogP contribution >= 0.6 is 0 Å². The second-order valence-electron chi connectivity index (χ2n) is 4.66. The van der Waals surface area contributed by atoms with Crippen LogP contribution in [0.5, 0.6) is 0 Å². The second kappa shape index (κ2) is 3.87. The molecule has 0 aromatic carbocycles. The molecular formula is C13H16N4. The summed E-state index contributed by atoms with van der Waals surface area (Å²) in [6.45, 7) is 4.10. The van der Waals surface area contributed by atoms with Crippen molar-refractivity contribution in [3.8, 4) is 0 Å². The highest BCUT2D eigenvalue weighted by Gasteiger charge is 2.26. The number of imidazole rings is 1. The standard InChI is InChI=1S/C13H16N4/c1-9-5-6-14-7-12(9)16-13-15-10(2)8-17(13)11-3-4-11/h5-8,11H,3-4H2,1-2H3,(H,15,16). The fourth-order valence-corrected chi connectivity index (χ4v) is 1.95. The van der Waals surface area contributed by atoms with E-state index >= 15 is 0 Å². The highest BCUT2D eigenvalue weighted by atomic mass is 15.2. The molecule has 0 aliphatic heterocycles. The van der Waals surface area contributed by atoms with Crippen LogP contribution in [0.2, 0.25) is 0 Å². The van der Waals surface area contributed by atoms with Gasteiger partial charge >= 0.3 is 0 Å². The van der Waals surface area contributed by atoms with Gasteiger partial charge < -0.3 is 9.88 Å². The number of rotatable bonds is 3. The van der Waals surface area contributed by atoms with E-state index in [0.717, 1.165) is 17.3 Å². The van der Waals surface area contributed by atoms with Crippen LogP contribution in [0.1, 0.15) is 30.1 Å². The number of aromatic nitrogens is 3. The van der Waals surface area contributed by atoms with Crippen molar-refractivity contribution in [1.82, 2.24) is 14.5 Å². The van der Waals surface area contributed by atoms with Crippen LogP contribution < -0.4 is 5.32 Å². The Hall–Kier alpha value is -1.84. The van der Waals surface area contributed by atoms with Crippen LogP contribution in [0.15, 0.2) is 24.7 Å². The van der Waals surface area contributed by atoms with Gasteiger partial charge in [-0.25, -0.2) is 4.98 Å². The van der Waals surface area contributed by atoms with Gasteiger partial charge in [-0.2, -0.15) is 0 Å².